The minimum absolute atomic E-state index is 0.330. The molecule has 0 aliphatic heterocycles. The van der Waals surface area contributed by atoms with Crippen molar-refractivity contribution >= 4 is 0 Å². The van der Waals surface area contributed by atoms with Crippen molar-refractivity contribution in [3.05, 3.63) is 0 Å². The van der Waals surface area contributed by atoms with E-state index >= 15 is 0 Å². The van der Waals surface area contributed by atoms with Crippen LogP contribution in [0.5, 0.6) is 0 Å². The van der Waals surface area contributed by atoms with Crippen molar-refractivity contribution in [1.29, 1.82) is 0 Å². The highest BCUT2D eigenvalue weighted by molar-refractivity contribution is 4.74. The summed E-state index contributed by atoms with van der Waals surface area (Å²) in [6.07, 6.45) is 21.6. The normalized spacial score (nSPS) is 12.0. The zero-order valence-corrected chi connectivity index (χ0v) is 15.6. The molecular weight excluding hydrogens is 254 g/mol. The van der Waals surface area contributed by atoms with Crippen LogP contribution in [0.4, 0.5) is 0 Å². The van der Waals surface area contributed by atoms with Gasteiger partial charge in [-0.1, -0.05) is 96.8 Å². The monoisotopic (exact) mass is 297 g/mol. The Morgan fingerprint density at radius 2 is 0.905 bits per heavy atom. The number of nitrogens with one attached hydrogen (secondary N) is 1. The van der Waals surface area contributed by atoms with Crippen molar-refractivity contribution in [2.24, 2.45) is 0 Å². The number of unbranched alkanes of at least 4 members (excludes halogenated alkanes) is 13. The van der Waals surface area contributed by atoms with E-state index in [4.69, 9.17) is 0 Å². The lowest BCUT2D eigenvalue weighted by Gasteiger charge is -2.23. The van der Waals surface area contributed by atoms with Gasteiger partial charge in [-0.15, -0.1) is 0 Å². The summed E-state index contributed by atoms with van der Waals surface area (Å²) in [5, 5.41) is 3.39. The highest BCUT2D eigenvalue weighted by atomic mass is 14.9. The molecule has 21 heavy (non-hydrogen) atoms. The summed E-state index contributed by atoms with van der Waals surface area (Å²) in [5.74, 6) is 0. The summed E-state index contributed by atoms with van der Waals surface area (Å²) in [7, 11) is 2.07. The van der Waals surface area contributed by atoms with E-state index in [0.29, 0.717) is 5.54 Å². The first kappa shape index (κ1) is 21.0. The van der Waals surface area contributed by atoms with Gasteiger partial charge in [0.05, 0.1) is 0 Å². The fourth-order valence-electron chi connectivity index (χ4n) is 2.89. The van der Waals surface area contributed by atoms with Crippen LogP contribution in [0.1, 0.15) is 117 Å². The quantitative estimate of drug-likeness (QED) is 0.307. The van der Waals surface area contributed by atoms with Crippen LogP contribution in [0, 0.1) is 0 Å². The van der Waals surface area contributed by atoms with Gasteiger partial charge in [-0.05, 0) is 27.3 Å². The molecule has 0 saturated heterocycles. The molecule has 0 radical (unpaired) electrons. The zero-order chi connectivity index (χ0) is 15.8. The Balaban J connectivity index is 3.06. The number of hydrogen-bond donors (Lipinski definition) is 1. The maximum absolute atomic E-state index is 3.39. The summed E-state index contributed by atoms with van der Waals surface area (Å²) in [5.41, 5.74) is 0.330. The SMILES string of the molecule is CCCCCCCCCCCCCCCCC(C)(C)NC. The Morgan fingerprint density at radius 1 is 0.571 bits per heavy atom. The third-order valence-corrected chi connectivity index (χ3v) is 4.83. The number of hydrogen-bond acceptors (Lipinski definition) is 1. The van der Waals surface area contributed by atoms with Gasteiger partial charge in [-0.25, -0.2) is 0 Å². The molecule has 0 heterocycles. The van der Waals surface area contributed by atoms with E-state index in [2.05, 4.69) is 33.1 Å². The lowest BCUT2D eigenvalue weighted by molar-refractivity contribution is 0.373. The third-order valence-electron chi connectivity index (χ3n) is 4.83. The molecule has 1 N–H and O–H groups in total. The zero-order valence-electron chi connectivity index (χ0n) is 15.6. The van der Waals surface area contributed by atoms with Gasteiger partial charge in [0.15, 0.2) is 0 Å². The third kappa shape index (κ3) is 16.2. The summed E-state index contributed by atoms with van der Waals surface area (Å²) in [6, 6.07) is 0. The van der Waals surface area contributed by atoms with Crippen LogP contribution in [-0.2, 0) is 0 Å². The van der Waals surface area contributed by atoms with Gasteiger partial charge < -0.3 is 5.32 Å². The summed E-state index contributed by atoms with van der Waals surface area (Å²) in [6.45, 7) is 6.89. The Bertz CT molecular complexity index is 198. The van der Waals surface area contributed by atoms with E-state index in [-0.39, 0.29) is 0 Å². The highest BCUT2D eigenvalue weighted by Gasteiger charge is 2.12. The fraction of sp³-hybridized carbons (Fsp3) is 1.00. The molecule has 0 amide bonds. The van der Waals surface area contributed by atoms with Crippen LogP contribution < -0.4 is 5.32 Å². The number of rotatable bonds is 16. The van der Waals surface area contributed by atoms with E-state index < -0.39 is 0 Å². The van der Waals surface area contributed by atoms with Gasteiger partial charge in [0.25, 0.3) is 0 Å². The van der Waals surface area contributed by atoms with Crippen molar-refractivity contribution in [3.63, 3.8) is 0 Å². The Morgan fingerprint density at radius 3 is 1.24 bits per heavy atom. The predicted molar refractivity (Wildman–Crippen MR) is 98.1 cm³/mol. The van der Waals surface area contributed by atoms with Gasteiger partial charge in [0, 0.05) is 5.54 Å². The second-order valence-electron chi connectivity index (χ2n) is 7.48. The minimum Gasteiger partial charge on any atom is -0.315 e. The molecule has 0 saturated carbocycles. The molecule has 0 rings (SSSR count). The highest BCUT2D eigenvalue weighted by Crippen LogP contribution is 2.16. The van der Waals surface area contributed by atoms with Crippen molar-refractivity contribution in [1.82, 2.24) is 5.32 Å². The minimum atomic E-state index is 0.330. The maximum Gasteiger partial charge on any atom is 0.0122 e. The van der Waals surface area contributed by atoms with Crippen LogP contribution >= 0.6 is 0 Å². The molecule has 0 bridgehead atoms. The van der Waals surface area contributed by atoms with Gasteiger partial charge >= 0.3 is 0 Å². The fourth-order valence-corrected chi connectivity index (χ4v) is 2.89. The van der Waals surface area contributed by atoms with Crippen molar-refractivity contribution in [3.8, 4) is 0 Å². The summed E-state index contributed by atoms with van der Waals surface area (Å²) in [4.78, 5) is 0. The average Bonchev–Trinajstić information content (AvgIpc) is 2.47. The largest absolute Gasteiger partial charge is 0.315 e. The molecule has 0 aromatic carbocycles. The maximum atomic E-state index is 3.39. The molecule has 1 heteroatoms. The Labute approximate surface area is 135 Å². The second-order valence-corrected chi connectivity index (χ2v) is 7.48. The molecule has 0 atom stereocenters. The first-order chi connectivity index (χ1) is 10.1. The van der Waals surface area contributed by atoms with Gasteiger partial charge in [-0.2, -0.15) is 0 Å². The topological polar surface area (TPSA) is 12.0 Å². The molecule has 0 aliphatic rings. The van der Waals surface area contributed by atoms with Crippen LogP contribution in [0.15, 0.2) is 0 Å². The standard InChI is InChI=1S/C20H43N/c1-5-6-7-8-9-10-11-12-13-14-15-16-17-18-19-20(2,3)21-4/h21H,5-19H2,1-4H3. The van der Waals surface area contributed by atoms with E-state index in [0.717, 1.165) is 0 Å². The van der Waals surface area contributed by atoms with Gasteiger partial charge in [0.2, 0.25) is 0 Å². The molecule has 0 fully saturated rings. The molecule has 0 aliphatic carbocycles. The van der Waals surface area contributed by atoms with E-state index in [9.17, 15) is 0 Å². The van der Waals surface area contributed by atoms with Gasteiger partial charge in [0.1, 0.15) is 0 Å². The van der Waals surface area contributed by atoms with E-state index in [1.165, 1.54) is 96.3 Å². The predicted octanol–water partition coefficient (Wildman–Crippen LogP) is 6.86. The first-order valence-electron chi connectivity index (χ1n) is 9.81. The molecule has 1 nitrogen and oxygen atoms in total. The van der Waals surface area contributed by atoms with Crippen molar-refractivity contribution in [2.45, 2.75) is 123 Å². The molecular formula is C20H43N. The molecule has 0 spiro atoms. The van der Waals surface area contributed by atoms with Crippen LogP contribution in [-0.4, -0.2) is 12.6 Å². The summed E-state index contributed by atoms with van der Waals surface area (Å²) >= 11 is 0. The van der Waals surface area contributed by atoms with Crippen molar-refractivity contribution < 1.29 is 0 Å². The van der Waals surface area contributed by atoms with E-state index in [1.54, 1.807) is 0 Å². The smallest absolute Gasteiger partial charge is 0.0122 e. The van der Waals surface area contributed by atoms with Crippen molar-refractivity contribution in [2.75, 3.05) is 7.05 Å². The Kier molecular flexibility index (Phi) is 14.9. The van der Waals surface area contributed by atoms with Gasteiger partial charge in [-0.3, -0.25) is 0 Å². The lowest BCUT2D eigenvalue weighted by Crippen LogP contribution is -2.35. The molecule has 0 unspecified atom stereocenters. The van der Waals surface area contributed by atoms with E-state index in [1.807, 2.05) is 0 Å². The second kappa shape index (κ2) is 14.9. The first-order valence-corrected chi connectivity index (χ1v) is 9.81. The van der Waals surface area contributed by atoms with Crippen LogP contribution in [0.3, 0.4) is 0 Å². The summed E-state index contributed by atoms with van der Waals surface area (Å²) < 4.78 is 0. The molecule has 128 valence electrons. The average molecular weight is 298 g/mol. The molecule has 0 aromatic heterocycles. The lowest BCUT2D eigenvalue weighted by atomic mass is 9.96. The Hall–Kier alpha value is -0.0400. The van der Waals surface area contributed by atoms with Crippen LogP contribution in [0.25, 0.3) is 0 Å². The van der Waals surface area contributed by atoms with Crippen LogP contribution in [0.2, 0.25) is 0 Å². The molecule has 0 aromatic rings.